The smallest absolute Gasteiger partial charge is 0.350 e. The van der Waals surface area contributed by atoms with Crippen LogP contribution in [-0.2, 0) is 17.6 Å². The molecule has 1 aromatic heterocycles. The molecule has 2 heterocycles. The van der Waals surface area contributed by atoms with Crippen molar-refractivity contribution in [1.29, 1.82) is 0 Å². The lowest BCUT2D eigenvalue weighted by atomic mass is 9.97. The first-order valence-electron chi connectivity index (χ1n) is 9.20. The van der Waals surface area contributed by atoms with Gasteiger partial charge in [-0.05, 0) is 56.4 Å². The van der Waals surface area contributed by atoms with Crippen LogP contribution < -0.4 is 14.8 Å². The van der Waals surface area contributed by atoms with Gasteiger partial charge in [0.15, 0.2) is 11.5 Å². The van der Waals surface area contributed by atoms with Crippen LogP contribution in [0.2, 0.25) is 0 Å². The number of hydrogen-bond acceptors (Lipinski definition) is 6. The Balaban J connectivity index is 1.64. The zero-order chi connectivity index (χ0) is 18.8. The maximum absolute atomic E-state index is 12.9. The van der Waals surface area contributed by atoms with Crippen molar-refractivity contribution < 1.29 is 23.8 Å². The Morgan fingerprint density at radius 2 is 1.93 bits per heavy atom. The number of fused-ring (bicyclic) bond motifs is 2. The van der Waals surface area contributed by atoms with Gasteiger partial charge >= 0.3 is 5.97 Å². The Morgan fingerprint density at radius 1 is 1.15 bits per heavy atom. The number of carbonyl (C=O) groups is 2. The molecule has 0 saturated heterocycles. The number of aryl methyl sites for hydroxylation is 1. The van der Waals surface area contributed by atoms with E-state index in [1.165, 1.54) is 16.2 Å². The van der Waals surface area contributed by atoms with E-state index >= 15 is 0 Å². The first-order valence-corrected chi connectivity index (χ1v) is 10.0. The summed E-state index contributed by atoms with van der Waals surface area (Å²) in [5.41, 5.74) is 2.14. The lowest BCUT2D eigenvalue weighted by Crippen LogP contribution is -2.18. The number of rotatable bonds is 4. The molecule has 1 aliphatic heterocycles. The number of ether oxygens (including phenoxy) is 3. The van der Waals surface area contributed by atoms with Crippen molar-refractivity contribution in [3.05, 3.63) is 39.1 Å². The molecule has 0 fully saturated rings. The summed E-state index contributed by atoms with van der Waals surface area (Å²) in [7, 11) is 0. The Labute approximate surface area is 161 Å². The topological polar surface area (TPSA) is 73.9 Å². The minimum Gasteiger partial charge on any atom is -0.486 e. The van der Waals surface area contributed by atoms with Gasteiger partial charge in [-0.1, -0.05) is 0 Å². The molecule has 2 aromatic rings. The van der Waals surface area contributed by atoms with Gasteiger partial charge in [-0.2, -0.15) is 0 Å². The quantitative estimate of drug-likeness (QED) is 0.807. The lowest BCUT2D eigenvalue weighted by molar-refractivity contribution is 0.0533. The maximum atomic E-state index is 12.9. The van der Waals surface area contributed by atoms with E-state index in [4.69, 9.17) is 14.2 Å². The highest BCUT2D eigenvalue weighted by molar-refractivity contribution is 7.14. The van der Waals surface area contributed by atoms with Gasteiger partial charge in [0.2, 0.25) is 0 Å². The van der Waals surface area contributed by atoms with Crippen molar-refractivity contribution in [2.75, 3.05) is 25.1 Å². The zero-order valence-electron chi connectivity index (χ0n) is 15.1. The van der Waals surface area contributed by atoms with Crippen LogP contribution in [0.4, 0.5) is 5.69 Å². The van der Waals surface area contributed by atoms with Crippen LogP contribution in [-0.4, -0.2) is 31.7 Å². The summed E-state index contributed by atoms with van der Waals surface area (Å²) in [5, 5.41) is 2.96. The molecular weight excluding hydrogens is 366 g/mol. The van der Waals surface area contributed by atoms with Crippen molar-refractivity contribution >= 4 is 28.9 Å². The van der Waals surface area contributed by atoms with E-state index in [9.17, 15) is 9.59 Å². The zero-order valence-corrected chi connectivity index (χ0v) is 15.9. The first-order chi connectivity index (χ1) is 13.2. The van der Waals surface area contributed by atoms with Crippen molar-refractivity contribution in [2.45, 2.75) is 32.6 Å². The van der Waals surface area contributed by atoms with Gasteiger partial charge in [0.05, 0.1) is 12.3 Å². The van der Waals surface area contributed by atoms with Crippen LogP contribution in [0.5, 0.6) is 11.5 Å². The van der Waals surface area contributed by atoms with Crippen LogP contribution in [0.3, 0.4) is 0 Å². The van der Waals surface area contributed by atoms with Crippen molar-refractivity contribution in [3.8, 4) is 11.5 Å². The second kappa shape index (κ2) is 7.60. The number of anilines is 1. The lowest BCUT2D eigenvalue weighted by Gasteiger charge is -2.19. The molecule has 1 aromatic carbocycles. The summed E-state index contributed by atoms with van der Waals surface area (Å²) in [6.07, 6.45) is 3.96. The molecule has 6 nitrogen and oxygen atoms in total. The predicted molar refractivity (Wildman–Crippen MR) is 102 cm³/mol. The fraction of sp³-hybridized carbons (Fsp3) is 0.400. The van der Waals surface area contributed by atoms with Crippen molar-refractivity contribution in [1.82, 2.24) is 0 Å². The highest BCUT2D eigenvalue weighted by Gasteiger charge is 2.27. The van der Waals surface area contributed by atoms with Gasteiger partial charge in [0.1, 0.15) is 18.1 Å². The molecular formula is C20H21NO5S. The van der Waals surface area contributed by atoms with Gasteiger partial charge in [0.25, 0.3) is 5.91 Å². The van der Waals surface area contributed by atoms with E-state index in [2.05, 4.69) is 5.32 Å². The van der Waals surface area contributed by atoms with E-state index < -0.39 is 0 Å². The fourth-order valence-corrected chi connectivity index (χ4v) is 4.65. The average Bonchev–Trinajstić information content (AvgIpc) is 3.06. The predicted octanol–water partition coefficient (Wildman–Crippen LogP) is 3.83. The third-order valence-electron chi connectivity index (χ3n) is 4.68. The molecule has 0 bridgehead atoms. The summed E-state index contributed by atoms with van der Waals surface area (Å²) in [6.45, 7) is 3.04. The molecule has 0 atom stereocenters. The summed E-state index contributed by atoms with van der Waals surface area (Å²) in [6, 6.07) is 5.11. The van der Waals surface area contributed by atoms with E-state index in [-0.39, 0.29) is 11.9 Å². The fourth-order valence-electron chi connectivity index (χ4n) is 3.41. The molecule has 0 spiro atoms. The Kier molecular flexibility index (Phi) is 5.03. The Bertz CT molecular complexity index is 889. The molecule has 27 heavy (non-hydrogen) atoms. The number of hydrogen-bond donors (Lipinski definition) is 1. The minimum absolute atomic E-state index is 0.274. The van der Waals surface area contributed by atoms with E-state index in [0.29, 0.717) is 47.4 Å². The monoisotopic (exact) mass is 387 g/mol. The number of nitrogens with one attached hydrogen (secondary N) is 1. The molecule has 4 rings (SSSR count). The summed E-state index contributed by atoms with van der Waals surface area (Å²) in [4.78, 5) is 26.9. The standard InChI is InChI=1S/C20H21NO5S/c1-2-24-20(23)18-17(13-5-3-4-6-16(13)27-18)21-19(22)12-7-8-14-15(11-12)26-10-9-25-14/h7-8,11H,2-6,9-10H2,1H3,(H,21,22). The first kappa shape index (κ1) is 17.9. The van der Waals surface area contributed by atoms with Gasteiger partial charge in [-0.25, -0.2) is 4.79 Å². The molecule has 0 unspecified atom stereocenters. The molecule has 7 heteroatoms. The maximum Gasteiger partial charge on any atom is 0.350 e. The summed E-state index contributed by atoms with van der Waals surface area (Å²) in [5.74, 6) is 0.544. The van der Waals surface area contributed by atoms with Gasteiger partial charge in [-0.3, -0.25) is 4.79 Å². The highest BCUT2D eigenvalue weighted by Crippen LogP contribution is 2.39. The second-order valence-corrected chi connectivity index (χ2v) is 7.55. The van der Waals surface area contributed by atoms with Crippen LogP contribution >= 0.6 is 11.3 Å². The average molecular weight is 387 g/mol. The van der Waals surface area contributed by atoms with Gasteiger partial charge < -0.3 is 19.5 Å². The number of esters is 1. The molecule has 142 valence electrons. The highest BCUT2D eigenvalue weighted by atomic mass is 32.1. The second-order valence-electron chi connectivity index (χ2n) is 6.45. The normalized spacial score (nSPS) is 15.0. The number of thiophene rings is 1. The summed E-state index contributed by atoms with van der Waals surface area (Å²) < 4.78 is 16.2. The van der Waals surface area contributed by atoms with E-state index in [1.807, 2.05) is 0 Å². The van der Waals surface area contributed by atoms with Crippen LogP contribution in [0, 0.1) is 0 Å². The Hall–Kier alpha value is -2.54. The van der Waals surface area contributed by atoms with Crippen molar-refractivity contribution in [3.63, 3.8) is 0 Å². The van der Waals surface area contributed by atoms with E-state index in [1.54, 1.807) is 25.1 Å². The summed E-state index contributed by atoms with van der Waals surface area (Å²) >= 11 is 1.44. The third kappa shape index (κ3) is 3.51. The van der Waals surface area contributed by atoms with Crippen molar-refractivity contribution in [2.24, 2.45) is 0 Å². The molecule has 2 aliphatic rings. The number of benzene rings is 1. The molecule has 1 N–H and O–H groups in total. The number of carbonyl (C=O) groups excluding carboxylic acids is 2. The molecule has 1 amide bonds. The molecule has 0 radical (unpaired) electrons. The number of amides is 1. The third-order valence-corrected chi connectivity index (χ3v) is 5.95. The SMILES string of the molecule is CCOC(=O)c1sc2c(c1NC(=O)c1ccc3c(c1)OCCO3)CCCC2. The largest absolute Gasteiger partial charge is 0.486 e. The molecule has 0 saturated carbocycles. The molecule has 1 aliphatic carbocycles. The van der Waals surface area contributed by atoms with Gasteiger partial charge in [0, 0.05) is 10.4 Å². The van der Waals surface area contributed by atoms with Crippen LogP contribution in [0.1, 0.15) is 50.2 Å². The van der Waals surface area contributed by atoms with Gasteiger partial charge in [-0.15, -0.1) is 11.3 Å². The Morgan fingerprint density at radius 3 is 2.74 bits per heavy atom. The minimum atomic E-state index is -0.380. The van der Waals surface area contributed by atoms with E-state index in [0.717, 1.165) is 31.2 Å². The van der Waals surface area contributed by atoms with Crippen LogP contribution in [0.25, 0.3) is 0 Å². The van der Waals surface area contributed by atoms with Crippen LogP contribution in [0.15, 0.2) is 18.2 Å².